The van der Waals surface area contributed by atoms with Crippen LogP contribution in [0.3, 0.4) is 0 Å². The third-order valence-corrected chi connectivity index (χ3v) is 3.53. The van der Waals surface area contributed by atoms with Crippen LogP contribution in [0.15, 0.2) is 12.7 Å². The maximum Gasteiger partial charge on any atom is 0.215 e. The van der Waals surface area contributed by atoms with Crippen LogP contribution in [-0.2, 0) is 10.0 Å². The van der Waals surface area contributed by atoms with E-state index in [2.05, 4.69) is 11.3 Å². The van der Waals surface area contributed by atoms with Crippen molar-refractivity contribution >= 4 is 10.0 Å². The van der Waals surface area contributed by atoms with E-state index in [1.54, 1.807) is 0 Å². The van der Waals surface area contributed by atoms with Gasteiger partial charge in [0, 0.05) is 12.1 Å². The van der Waals surface area contributed by atoms with Gasteiger partial charge < -0.3 is 5.73 Å². The molecule has 0 saturated carbocycles. The van der Waals surface area contributed by atoms with Crippen molar-refractivity contribution in [3.63, 3.8) is 0 Å². The third kappa shape index (κ3) is 5.92. The van der Waals surface area contributed by atoms with Crippen LogP contribution in [0.4, 0.5) is 0 Å². The first-order chi connectivity index (χ1) is 6.74. The van der Waals surface area contributed by atoms with Crippen molar-refractivity contribution in [1.29, 1.82) is 0 Å². The van der Waals surface area contributed by atoms with E-state index in [1.807, 2.05) is 20.8 Å². The Hall–Kier alpha value is -0.390. The summed E-state index contributed by atoms with van der Waals surface area (Å²) >= 11 is 0. The van der Waals surface area contributed by atoms with Gasteiger partial charge >= 0.3 is 0 Å². The molecule has 1 atom stereocenters. The lowest BCUT2D eigenvalue weighted by Gasteiger charge is -2.30. The second-order valence-electron chi connectivity index (χ2n) is 4.53. The van der Waals surface area contributed by atoms with Crippen molar-refractivity contribution in [3.8, 4) is 0 Å². The molecule has 3 N–H and O–H groups in total. The van der Waals surface area contributed by atoms with Crippen molar-refractivity contribution in [1.82, 2.24) is 4.72 Å². The molecule has 1 unspecified atom stereocenters. The first kappa shape index (κ1) is 14.6. The Morgan fingerprint density at radius 1 is 1.53 bits per heavy atom. The summed E-state index contributed by atoms with van der Waals surface area (Å²) in [7, 11) is -3.30. The number of hydrogen-bond donors (Lipinski definition) is 2. The molecule has 0 amide bonds. The normalized spacial score (nSPS) is 16.3. The second kappa shape index (κ2) is 5.63. The Morgan fingerprint density at radius 3 is 2.40 bits per heavy atom. The number of nitrogens with two attached hydrogens (primary N) is 1. The summed E-state index contributed by atoms with van der Waals surface area (Å²) in [5.74, 6) is 0.325. The lowest BCUT2D eigenvalue weighted by molar-refractivity contribution is 0.345. The Balaban J connectivity index is 4.63. The Bertz CT molecular complexity index is 299. The van der Waals surface area contributed by atoms with E-state index < -0.39 is 15.6 Å². The van der Waals surface area contributed by atoms with E-state index in [9.17, 15) is 8.42 Å². The zero-order valence-electron chi connectivity index (χ0n) is 9.79. The molecule has 0 aliphatic carbocycles. The van der Waals surface area contributed by atoms with Crippen LogP contribution in [0.2, 0.25) is 0 Å². The second-order valence-corrected chi connectivity index (χ2v) is 6.30. The molecule has 0 radical (unpaired) electrons. The smallest absolute Gasteiger partial charge is 0.215 e. The van der Waals surface area contributed by atoms with Crippen LogP contribution in [0, 0.1) is 5.92 Å². The Labute approximate surface area is 93.0 Å². The maximum absolute atomic E-state index is 11.5. The van der Waals surface area contributed by atoms with Gasteiger partial charge in [-0.05, 0) is 19.3 Å². The van der Waals surface area contributed by atoms with Gasteiger partial charge in [0.05, 0.1) is 5.75 Å². The number of hydrogen-bond acceptors (Lipinski definition) is 3. The molecule has 0 spiro atoms. The highest BCUT2D eigenvalue weighted by atomic mass is 32.2. The third-order valence-electron chi connectivity index (χ3n) is 2.05. The molecular weight excluding hydrogens is 212 g/mol. The van der Waals surface area contributed by atoms with Gasteiger partial charge in [-0.25, -0.2) is 13.1 Å². The highest BCUT2D eigenvalue weighted by Gasteiger charge is 2.28. The summed E-state index contributed by atoms with van der Waals surface area (Å²) in [4.78, 5) is 0. The molecule has 0 heterocycles. The van der Waals surface area contributed by atoms with E-state index in [0.29, 0.717) is 12.5 Å². The summed E-state index contributed by atoms with van der Waals surface area (Å²) in [6, 6.07) is 0. The molecule has 0 aliphatic heterocycles. The maximum atomic E-state index is 11.5. The molecule has 0 aromatic rings. The molecule has 0 aromatic carbocycles. The summed E-state index contributed by atoms with van der Waals surface area (Å²) in [6.07, 6.45) is 2.09. The van der Waals surface area contributed by atoms with Crippen LogP contribution >= 0.6 is 0 Å². The number of sulfonamides is 1. The van der Waals surface area contributed by atoms with Crippen molar-refractivity contribution < 1.29 is 8.42 Å². The van der Waals surface area contributed by atoms with Crippen LogP contribution in [-0.4, -0.2) is 26.3 Å². The minimum Gasteiger partial charge on any atom is -0.329 e. The van der Waals surface area contributed by atoms with Gasteiger partial charge in [0.1, 0.15) is 0 Å². The molecule has 90 valence electrons. The number of nitrogens with one attached hydrogen (secondary N) is 1. The molecule has 0 aromatic heterocycles. The van der Waals surface area contributed by atoms with E-state index in [0.717, 1.165) is 6.42 Å². The van der Waals surface area contributed by atoms with Gasteiger partial charge in [-0.3, -0.25) is 0 Å². The summed E-state index contributed by atoms with van der Waals surface area (Å²) in [5, 5.41) is 0. The highest BCUT2D eigenvalue weighted by molar-refractivity contribution is 7.89. The first-order valence-electron chi connectivity index (χ1n) is 5.07. The molecule has 0 bridgehead atoms. The topological polar surface area (TPSA) is 72.2 Å². The molecule has 15 heavy (non-hydrogen) atoms. The lowest BCUT2D eigenvalue weighted by Crippen LogP contribution is -2.52. The molecule has 0 rings (SSSR count). The van der Waals surface area contributed by atoms with Crippen LogP contribution in [0.25, 0.3) is 0 Å². The molecule has 0 aliphatic rings. The summed E-state index contributed by atoms with van der Waals surface area (Å²) < 4.78 is 25.7. The largest absolute Gasteiger partial charge is 0.329 e. The fraction of sp³-hybridized carbons (Fsp3) is 0.800. The lowest BCUT2D eigenvalue weighted by atomic mass is 9.92. The summed E-state index contributed by atoms with van der Waals surface area (Å²) in [6.45, 7) is 9.61. The average molecular weight is 234 g/mol. The van der Waals surface area contributed by atoms with Crippen molar-refractivity contribution in [3.05, 3.63) is 12.7 Å². The first-order valence-corrected chi connectivity index (χ1v) is 6.72. The van der Waals surface area contributed by atoms with Gasteiger partial charge in [-0.1, -0.05) is 19.9 Å². The monoisotopic (exact) mass is 234 g/mol. The van der Waals surface area contributed by atoms with Crippen molar-refractivity contribution in [2.75, 3.05) is 12.3 Å². The van der Waals surface area contributed by atoms with Gasteiger partial charge in [-0.2, -0.15) is 0 Å². The minimum absolute atomic E-state index is 0.0688. The van der Waals surface area contributed by atoms with Gasteiger partial charge in [0.25, 0.3) is 0 Å². The highest BCUT2D eigenvalue weighted by Crippen LogP contribution is 2.16. The Morgan fingerprint density at radius 2 is 2.07 bits per heavy atom. The SMILES string of the molecule is C=CCS(=O)(=O)NC(C)(CN)CC(C)C. The van der Waals surface area contributed by atoms with E-state index in [-0.39, 0.29) is 5.75 Å². The average Bonchev–Trinajstić information content (AvgIpc) is 2.01. The summed E-state index contributed by atoms with van der Waals surface area (Å²) in [5.41, 5.74) is 5.05. The zero-order valence-corrected chi connectivity index (χ0v) is 10.6. The zero-order chi connectivity index (χ0) is 12.1. The van der Waals surface area contributed by atoms with Crippen LogP contribution < -0.4 is 10.5 Å². The fourth-order valence-corrected chi connectivity index (χ4v) is 2.95. The van der Waals surface area contributed by atoms with Crippen LogP contribution in [0.5, 0.6) is 0 Å². The predicted molar refractivity (Wildman–Crippen MR) is 64.0 cm³/mol. The van der Waals surface area contributed by atoms with E-state index in [1.165, 1.54) is 6.08 Å². The fourth-order valence-electron chi connectivity index (χ4n) is 1.64. The molecule has 4 nitrogen and oxygen atoms in total. The van der Waals surface area contributed by atoms with Crippen molar-refractivity contribution in [2.24, 2.45) is 11.7 Å². The number of rotatable bonds is 7. The van der Waals surface area contributed by atoms with E-state index >= 15 is 0 Å². The standard InChI is InChI=1S/C10H22N2O2S/c1-5-6-15(13,14)12-10(4,8-11)7-9(2)3/h5,9,12H,1,6-8,11H2,2-4H3. The molecule has 0 fully saturated rings. The predicted octanol–water partition coefficient (Wildman–Crippen LogP) is 0.855. The Kier molecular flexibility index (Phi) is 5.48. The van der Waals surface area contributed by atoms with Crippen LogP contribution in [0.1, 0.15) is 27.2 Å². The van der Waals surface area contributed by atoms with Gasteiger partial charge in [0.2, 0.25) is 10.0 Å². The minimum atomic E-state index is -3.30. The van der Waals surface area contributed by atoms with Gasteiger partial charge in [0.15, 0.2) is 0 Å². The molecule has 0 saturated heterocycles. The quantitative estimate of drug-likeness (QED) is 0.642. The van der Waals surface area contributed by atoms with Crippen molar-refractivity contribution in [2.45, 2.75) is 32.7 Å². The molecular formula is C10H22N2O2S. The van der Waals surface area contributed by atoms with Gasteiger partial charge in [-0.15, -0.1) is 6.58 Å². The molecule has 5 heteroatoms. The van der Waals surface area contributed by atoms with E-state index in [4.69, 9.17) is 5.73 Å².